The van der Waals surface area contributed by atoms with Crippen LogP contribution in [0, 0.1) is 10.1 Å². The second-order valence-electron chi connectivity index (χ2n) is 3.98. The summed E-state index contributed by atoms with van der Waals surface area (Å²) in [7, 11) is 0. The van der Waals surface area contributed by atoms with Crippen molar-refractivity contribution in [1.82, 2.24) is 4.90 Å². The summed E-state index contributed by atoms with van der Waals surface area (Å²) in [6.07, 6.45) is 0. The van der Waals surface area contributed by atoms with Crippen molar-refractivity contribution in [2.75, 3.05) is 13.1 Å². The van der Waals surface area contributed by atoms with E-state index in [0.29, 0.717) is 17.1 Å². The quantitative estimate of drug-likeness (QED) is 0.641. The van der Waals surface area contributed by atoms with Gasteiger partial charge in [0.1, 0.15) is 0 Å². The molecule has 0 aliphatic carbocycles. The third-order valence-corrected chi connectivity index (χ3v) is 2.86. The number of nitrogens with zero attached hydrogens (tertiary/aromatic N) is 2. The molecule has 1 aliphatic rings. The molecule has 1 aromatic rings. The van der Waals surface area contributed by atoms with Crippen molar-refractivity contribution in [3.8, 4) is 0 Å². The van der Waals surface area contributed by atoms with Gasteiger partial charge in [-0.15, -0.1) is 0 Å². The predicted octanol–water partition coefficient (Wildman–Crippen LogP) is 1.39. The summed E-state index contributed by atoms with van der Waals surface area (Å²) >= 11 is 5.73. The molecule has 0 bridgehead atoms. The Kier molecular flexibility index (Phi) is 3.09. The van der Waals surface area contributed by atoms with Crippen LogP contribution in [0.5, 0.6) is 0 Å². The lowest BCUT2D eigenvalue weighted by Crippen LogP contribution is -2.54. The van der Waals surface area contributed by atoms with Crippen LogP contribution in [-0.2, 0) is 6.54 Å². The van der Waals surface area contributed by atoms with Crippen LogP contribution in [0.4, 0.5) is 5.69 Å². The molecule has 5 nitrogen and oxygen atoms in total. The predicted molar refractivity (Wildman–Crippen MR) is 61.4 cm³/mol. The van der Waals surface area contributed by atoms with Crippen molar-refractivity contribution in [2.24, 2.45) is 5.73 Å². The molecule has 1 saturated heterocycles. The minimum atomic E-state index is -0.402. The zero-order valence-corrected chi connectivity index (χ0v) is 9.35. The summed E-state index contributed by atoms with van der Waals surface area (Å²) in [5.74, 6) is 0. The zero-order valence-electron chi connectivity index (χ0n) is 8.60. The highest BCUT2D eigenvalue weighted by Crippen LogP contribution is 2.25. The van der Waals surface area contributed by atoms with Gasteiger partial charge in [0, 0.05) is 42.3 Å². The van der Waals surface area contributed by atoms with Gasteiger partial charge in [-0.05, 0) is 12.1 Å². The first kappa shape index (κ1) is 11.3. The number of benzene rings is 1. The lowest BCUT2D eigenvalue weighted by molar-refractivity contribution is -0.385. The van der Waals surface area contributed by atoms with Crippen LogP contribution >= 0.6 is 11.6 Å². The molecule has 1 aliphatic heterocycles. The standard InChI is InChI=1S/C10H12ClN3O2/c11-8-2-1-7(10(3-8)14(15)16)4-13-5-9(12)6-13/h1-3,9H,4-6,12H2. The molecule has 0 aromatic heterocycles. The lowest BCUT2D eigenvalue weighted by atomic mass is 10.1. The maximum absolute atomic E-state index is 10.8. The van der Waals surface area contributed by atoms with Crippen molar-refractivity contribution in [2.45, 2.75) is 12.6 Å². The van der Waals surface area contributed by atoms with Gasteiger partial charge in [0.05, 0.1) is 4.92 Å². The van der Waals surface area contributed by atoms with Crippen LogP contribution in [0.25, 0.3) is 0 Å². The molecular formula is C10H12ClN3O2. The highest BCUT2D eigenvalue weighted by atomic mass is 35.5. The van der Waals surface area contributed by atoms with E-state index in [1.54, 1.807) is 12.1 Å². The molecule has 0 saturated carbocycles. The number of halogens is 1. The SMILES string of the molecule is NC1CN(Cc2ccc(Cl)cc2[N+](=O)[O-])C1. The van der Waals surface area contributed by atoms with Crippen molar-refractivity contribution >= 4 is 17.3 Å². The Hall–Kier alpha value is -1.17. The Morgan fingerprint density at radius 2 is 2.25 bits per heavy atom. The number of hydrogen-bond acceptors (Lipinski definition) is 4. The van der Waals surface area contributed by atoms with E-state index in [-0.39, 0.29) is 11.7 Å². The zero-order chi connectivity index (χ0) is 11.7. The molecule has 0 amide bonds. The summed E-state index contributed by atoms with van der Waals surface area (Å²) < 4.78 is 0. The average Bonchev–Trinajstić information content (AvgIpc) is 2.17. The van der Waals surface area contributed by atoms with E-state index in [9.17, 15) is 10.1 Å². The molecule has 1 heterocycles. The monoisotopic (exact) mass is 241 g/mol. The van der Waals surface area contributed by atoms with Crippen LogP contribution < -0.4 is 5.73 Å². The highest BCUT2D eigenvalue weighted by Gasteiger charge is 2.25. The van der Waals surface area contributed by atoms with E-state index in [0.717, 1.165) is 13.1 Å². The molecule has 0 radical (unpaired) electrons. The Balaban J connectivity index is 2.16. The fourth-order valence-corrected chi connectivity index (χ4v) is 1.99. The van der Waals surface area contributed by atoms with Crippen molar-refractivity contribution < 1.29 is 4.92 Å². The fraction of sp³-hybridized carbons (Fsp3) is 0.400. The molecular weight excluding hydrogens is 230 g/mol. The van der Waals surface area contributed by atoms with E-state index in [4.69, 9.17) is 17.3 Å². The Morgan fingerprint density at radius 1 is 1.56 bits per heavy atom. The highest BCUT2D eigenvalue weighted by molar-refractivity contribution is 6.30. The average molecular weight is 242 g/mol. The Labute approximate surface area is 97.9 Å². The molecule has 6 heteroatoms. The molecule has 16 heavy (non-hydrogen) atoms. The van der Waals surface area contributed by atoms with Gasteiger partial charge in [-0.25, -0.2) is 0 Å². The second-order valence-corrected chi connectivity index (χ2v) is 4.42. The number of likely N-dealkylation sites (tertiary alicyclic amines) is 1. The smallest absolute Gasteiger partial charge is 0.275 e. The molecule has 1 aromatic carbocycles. The van der Waals surface area contributed by atoms with E-state index in [2.05, 4.69) is 4.90 Å². The first-order valence-corrected chi connectivity index (χ1v) is 5.35. The largest absolute Gasteiger partial charge is 0.325 e. The third kappa shape index (κ3) is 2.32. The minimum absolute atomic E-state index is 0.0768. The maximum atomic E-state index is 10.8. The molecule has 0 spiro atoms. The first-order valence-electron chi connectivity index (χ1n) is 4.97. The van der Waals surface area contributed by atoms with Gasteiger partial charge >= 0.3 is 0 Å². The van der Waals surface area contributed by atoms with Crippen LogP contribution in [0.1, 0.15) is 5.56 Å². The number of nitro groups is 1. The van der Waals surface area contributed by atoms with E-state index in [1.807, 2.05) is 0 Å². The lowest BCUT2D eigenvalue weighted by Gasteiger charge is -2.36. The van der Waals surface area contributed by atoms with Gasteiger partial charge in [0.2, 0.25) is 0 Å². The molecule has 2 N–H and O–H groups in total. The Morgan fingerprint density at radius 3 is 2.81 bits per heavy atom. The Bertz CT molecular complexity index is 419. The summed E-state index contributed by atoms with van der Waals surface area (Å²) in [4.78, 5) is 12.5. The summed E-state index contributed by atoms with van der Waals surface area (Å²) in [6.45, 7) is 2.14. The summed E-state index contributed by atoms with van der Waals surface area (Å²) in [5.41, 5.74) is 6.41. The molecule has 86 valence electrons. The molecule has 0 atom stereocenters. The van der Waals surface area contributed by atoms with Gasteiger partial charge < -0.3 is 5.73 Å². The molecule has 2 rings (SSSR count). The number of rotatable bonds is 3. The maximum Gasteiger partial charge on any atom is 0.275 e. The third-order valence-electron chi connectivity index (χ3n) is 2.62. The van der Waals surface area contributed by atoms with Crippen LogP contribution in [0.2, 0.25) is 5.02 Å². The van der Waals surface area contributed by atoms with E-state index in [1.165, 1.54) is 6.07 Å². The van der Waals surface area contributed by atoms with Gasteiger partial charge in [-0.2, -0.15) is 0 Å². The normalized spacial score (nSPS) is 17.1. The van der Waals surface area contributed by atoms with Gasteiger partial charge in [-0.3, -0.25) is 15.0 Å². The molecule has 0 unspecified atom stereocenters. The first-order chi connectivity index (χ1) is 7.56. The van der Waals surface area contributed by atoms with Gasteiger partial charge in [-0.1, -0.05) is 11.6 Å². The number of hydrogen-bond donors (Lipinski definition) is 1. The second kappa shape index (κ2) is 4.37. The van der Waals surface area contributed by atoms with Crippen molar-refractivity contribution in [3.63, 3.8) is 0 Å². The van der Waals surface area contributed by atoms with Crippen LogP contribution in [0.3, 0.4) is 0 Å². The number of nitro benzene ring substituents is 1. The van der Waals surface area contributed by atoms with Crippen LogP contribution in [-0.4, -0.2) is 29.0 Å². The summed E-state index contributed by atoms with van der Waals surface area (Å²) in [6, 6.07) is 4.95. The van der Waals surface area contributed by atoms with Crippen LogP contribution in [0.15, 0.2) is 18.2 Å². The number of nitrogens with two attached hydrogens (primary N) is 1. The van der Waals surface area contributed by atoms with E-state index < -0.39 is 4.92 Å². The fourth-order valence-electron chi connectivity index (χ4n) is 1.82. The van der Waals surface area contributed by atoms with Gasteiger partial charge in [0.25, 0.3) is 5.69 Å². The van der Waals surface area contributed by atoms with Gasteiger partial charge in [0.15, 0.2) is 0 Å². The topological polar surface area (TPSA) is 72.4 Å². The summed E-state index contributed by atoms with van der Waals surface area (Å²) in [5, 5.41) is 11.2. The van der Waals surface area contributed by atoms with Crippen molar-refractivity contribution in [3.05, 3.63) is 38.9 Å². The minimum Gasteiger partial charge on any atom is -0.325 e. The van der Waals surface area contributed by atoms with Crippen molar-refractivity contribution in [1.29, 1.82) is 0 Å². The van der Waals surface area contributed by atoms with E-state index >= 15 is 0 Å². The molecule has 1 fully saturated rings.